The number of piperidine rings is 2. The summed E-state index contributed by atoms with van der Waals surface area (Å²) >= 11 is 0. The van der Waals surface area contributed by atoms with Crippen LogP contribution in [-0.2, 0) is 6.54 Å². The highest BCUT2D eigenvalue weighted by molar-refractivity contribution is 5.96. The summed E-state index contributed by atoms with van der Waals surface area (Å²) in [4.78, 5) is 38.4. The maximum Gasteiger partial charge on any atom is 0.574 e. The van der Waals surface area contributed by atoms with E-state index >= 15 is 4.39 Å². The number of anilines is 1. The quantitative estimate of drug-likeness (QED) is 0.211. The summed E-state index contributed by atoms with van der Waals surface area (Å²) in [7, 11) is 0. The van der Waals surface area contributed by atoms with Crippen molar-refractivity contribution >= 4 is 17.6 Å². The molecule has 2 saturated heterocycles. The molecule has 0 bridgehead atoms. The Morgan fingerprint density at radius 1 is 0.776 bits per heavy atom. The van der Waals surface area contributed by atoms with Crippen LogP contribution < -0.4 is 20.3 Å². The SMILES string of the molecule is O=C(NC1CCN(c2ccc(CN3CCC(NC(=O)c4cccc(-c5ccc(OC(F)(F)F)nc5)c4F)CC3)cn2)CC1)c1ccccc1. The number of halogens is 4. The molecule has 6 rings (SSSR count). The Balaban J connectivity index is 0.948. The highest BCUT2D eigenvalue weighted by Crippen LogP contribution is 2.28. The first-order valence-corrected chi connectivity index (χ1v) is 16.2. The number of rotatable bonds is 9. The summed E-state index contributed by atoms with van der Waals surface area (Å²) in [6.07, 6.45) is 1.16. The van der Waals surface area contributed by atoms with Crippen LogP contribution in [0.2, 0.25) is 0 Å². The normalized spacial score (nSPS) is 16.3. The van der Waals surface area contributed by atoms with Crippen LogP contribution in [0.1, 0.15) is 52.0 Å². The van der Waals surface area contributed by atoms with Crippen molar-refractivity contribution in [3.8, 4) is 17.0 Å². The van der Waals surface area contributed by atoms with E-state index in [0.717, 1.165) is 69.2 Å². The molecule has 9 nitrogen and oxygen atoms in total. The maximum atomic E-state index is 15.4. The Labute approximate surface area is 281 Å². The Kier molecular flexibility index (Phi) is 10.4. The van der Waals surface area contributed by atoms with E-state index in [9.17, 15) is 22.8 Å². The molecule has 49 heavy (non-hydrogen) atoms. The Hall–Kier alpha value is -5.04. The Bertz CT molecular complexity index is 1720. The molecule has 2 aliphatic heterocycles. The minimum absolute atomic E-state index is 0.0432. The predicted molar refractivity (Wildman–Crippen MR) is 175 cm³/mol. The number of ether oxygens (including phenoxy) is 1. The van der Waals surface area contributed by atoms with E-state index in [1.54, 1.807) is 0 Å². The fourth-order valence-corrected chi connectivity index (χ4v) is 6.21. The lowest BCUT2D eigenvalue weighted by Crippen LogP contribution is -2.45. The van der Waals surface area contributed by atoms with Gasteiger partial charge in [-0.05, 0) is 61.6 Å². The van der Waals surface area contributed by atoms with Crippen LogP contribution in [0.5, 0.6) is 5.88 Å². The molecule has 0 spiro atoms. The van der Waals surface area contributed by atoms with Gasteiger partial charge in [-0.2, -0.15) is 0 Å². The minimum Gasteiger partial charge on any atom is -0.388 e. The van der Waals surface area contributed by atoms with Gasteiger partial charge in [0, 0.05) is 80.0 Å². The van der Waals surface area contributed by atoms with Crippen LogP contribution in [0.25, 0.3) is 11.1 Å². The standard InChI is InChI=1S/C36H36F4N6O3/c37-33-29(26-10-12-32(42-22-26)49-36(38,39)40)7-4-8-30(33)35(48)44-27-13-17-45(18-14-27)23-24-9-11-31(41-21-24)46-19-15-28(16-20-46)43-34(47)25-5-2-1-3-6-25/h1-12,21-22,27-28H,13-20,23H2,(H,43,47)(H,44,48). The van der Waals surface area contributed by atoms with Crippen molar-refractivity contribution < 1.29 is 31.9 Å². The third-order valence-corrected chi connectivity index (χ3v) is 8.84. The minimum atomic E-state index is -4.89. The van der Waals surface area contributed by atoms with Gasteiger partial charge in [-0.25, -0.2) is 14.4 Å². The number of alkyl halides is 3. The zero-order chi connectivity index (χ0) is 34.4. The van der Waals surface area contributed by atoms with Crippen molar-refractivity contribution in [3.63, 3.8) is 0 Å². The molecule has 0 unspecified atom stereocenters. The maximum absolute atomic E-state index is 15.4. The highest BCUT2D eigenvalue weighted by atomic mass is 19.4. The highest BCUT2D eigenvalue weighted by Gasteiger charge is 2.32. The second-order valence-electron chi connectivity index (χ2n) is 12.2. The molecular weight excluding hydrogens is 640 g/mol. The van der Waals surface area contributed by atoms with Gasteiger partial charge >= 0.3 is 6.36 Å². The largest absolute Gasteiger partial charge is 0.574 e. The van der Waals surface area contributed by atoms with Crippen molar-refractivity contribution in [2.75, 3.05) is 31.1 Å². The predicted octanol–water partition coefficient (Wildman–Crippen LogP) is 5.97. The molecule has 2 aromatic carbocycles. The van der Waals surface area contributed by atoms with Gasteiger partial charge in [-0.15, -0.1) is 13.2 Å². The summed E-state index contributed by atoms with van der Waals surface area (Å²) in [6, 6.07) is 19.9. The molecule has 0 saturated carbocycles. The van der Waals surface area contributed by atoms with Crippen molar-refractivity contribution in [2.45, 2.75) is 50.7 Å². The molecule has 2 fully saturated rings. The van der Waals surface area contributed by atoms with E-state index in [2.05, 4.69) is 36.2 Å². The van der Waals surface area contributed by atoms with E-state index in [0.29, 0.717) is 18.4 Å². The number of amides is 2. The first-order chi connectivity index (χ1) is 23.6. The third kappa shape index (κ3) is 8.91. The number of hydrogen-bond acceptors (Lipinski definition) is 7. The number of carbonyl (C=O) groups excluding carboxylic acids is 2. The number of aromatic nitrogens is 2. The van der Waals surface area contributed by atoms with Gasteiger partial charge in [-0.3, -0.25) is 14.5 Å². The van der Waals surface area contributed by atoms with Gasteiger partial charge in [0.1, 0.15) is 11.6 Å². The van der Waals surface area contributed by atoms with Crippen molar-refractivity contribution in [1.29, 1.82) is 0 Å². The molecule has 256 valence electrons. The van der Waals surface area contributed by atoms with Crippen LogP contribution in [0.3, 0.4) is 0 Å². The lowest BCUT2D eigenvalue weighted by Gasteiger charge is -2.34. The second kappa shape index (κ2) is 15.0. The van der Waals surface area contributed by atoms with E-state index in [1.165, 1.54) is 24.3 Å². The van der Waals surface area contributed by atoms with Crippen molar-refractivity contribution in [1.82, 2.24) is 25.5 Å². The van der Waals surface area contributed by atoms with E-state index in [-0.39, 0.29) is 34.7 Å². The molecule has 13 heteroatoms. The molecule has 2 aromatic heterocycles. The van der Waals surface area contributed by atoms with Gasteiger partial charge in [0.2, 0.25) is 5.88 Å². The molecular formula is C36H36F4N6O3. The average Bonchev–Trinajstić information content (AvgIpc) is 3.10. The number of pyridine rings is 2. The summed E-state index contributed by atoms with van der Waals surface area (Å²) in [5.74, 6) is -1.12. The lowest BCUT2D eigenvalue weighted by molar-refractivity contribution is -0.276. The van der Waals surface area contributed by atoms with E-state index in [1.807, 2.05) is 42.6 Å². The van der Waals surface area contributed by atoms with Crippen LogP contribution >= 0.6 is 0 Å². The number of likely N-dealkylation sites (tertiary alicyclic amines) is 1. The molecule has 4 heterocycles. The van der Waals surface area contributed by atoms with Crippen molar-refractivity contribution in [3.05, 3.63) is 108 Å². The number of benzene rings is 2. The summed E-state index contributed by atoms with van der Waals surface area (Å²) in [5.41, 5.74) is 1.86. The van der Waals surface area contributed by atoms with E-state index < -0.39 is 24.0 Å². The number of carbonyl (C=O) groups is 2. The van der Waals surface area contributed by atoms with Crippen LogP contribution in [0, 0.1) is 5.82 Å². The molecule has 2 N–H and O–H groups in total. The molecule has 2 aliphatic rings. The van der Waals surface area contributed by atoms with Gasteiger partial charge in [0.05, 0.1) is 5.56 Å². The van der Waals surface area contributed by atoms with Crippen LogP contribution in [0.4, 0.5) is 23.4 Å². The topological polar surface area (TPSA) is 99.7 Å². The van der Waals surface area contributed by atoms with E-state index in [4.69, 9.17) is 4.98 Å². The molecule has 0 aliphatic carbocycles. The van der Waals surface area contributed by atoms with Crippen LogP contribution in [0.15, 0.2) is 85.2 Å². The first kappa shape index (κ1) is 33.8. The molecule has 0 atom stereocenters. The fraction of sp³-hybridized carbons (Fsp3) is 0.333. The fourth-order valence-electron chi connectivity index (χ4n) is 6.21. The summed E-state index contributed by atoms with van der Waals surface area (Å²) in [5, 5.41) is 6.07. The van der Waals surface area contributed by atoms with Gasteiger partial charge in [0.15, 0.2) is 0 Å². The average molecular weight is 677 g/mol. The molecule has 0 radical (unpaired) electrons. The van der Waals surface area contributed by atoms with Gasteiger partial charge < -0.3 is 20.3 Å². The smallest absolute Gasteiger partial charge is 0.388 e. The van der Waals surface area contributed by atoms with Gasteiger partial charge in [0.25, 0.3) is 11.8 Å². The second-order valence-corrected chi connectivity index (χ2v) is 12.2. The van der Waals surface area contributed by atoms with Gasteiger partial charge in [-0.1, -0.05) is 36.4 Å². The third-order valence-electron chi connectivity index (χ3n) is 8.84. The Morgan fingerprint density at radius 2 is 1.47 bits per heavy atom. The summed E-state index contributed by atoms with van der Waals surface area (Å²) in [6.45, 7) is 3.83. The zero-order valence-electron chi connectivity index (χ0n) is 26.6. The summed E-state index contributed by atoms with van der Waals surface area (Å²) < 4.78 is 56.5. The van der Waals surface area contributed by atoms with Crippen molar-refractivity contribution in [2.24, 2.45) is 0 Å². The number of hydrogen-bond donors (Lipinski definition) is 2. The van der Waals surface area contributed by atoms with Crippen LogP contribution in [-0.4, -0.2) is 71.3 Å². The number of nitrogens with zero attached hydrogens (tertiary/aromatic N) is 4. The molecule has 2 amide bonds. The number of nitrogens with one attached hydrogen (secondary N) is 2. The first-order valence-electron chi connectivity index (χ1n) is 16.2. The Morgan fingerprint density at radius 3 is 2.10 bits per heavy atom. The zero-order valence-corrected chi connectivity index (χ0v) is 26.6. The molecule has 4 aromatic rings. The lowest BCUT2D eigenvalue weighted by atomic mass is 10.0. The monoisotopic (exact) mass is 676 g/mol.